The molecule has 1 aromatic carbocycles. The van der Waals surface area contributed by atoms with Crippen molar-refractivity contribution in [2.45, 2.75) is 11.8 Å². The summed E-state index contributed by atoms with van der Waals surface area (Å²) in [4.78, 5) is 0.136. The molecule has 0 radical (unpaired) electrons. The van der Waals surface area contributed by atoms with Gasteiger partial charge in [0.25, 0.3) is 0 Å². The van der Waals surface area contributed by atoms with E-state index in [-0.39, 0.29) is 9.80 Å². The molecule has 0 saturated carbocycles. The number of rotatable bonds is 2. The third-order valence-electron chi connectivity index (χ3n) is 1.66. The van der Waals surface area contributed by atoms with Crippen LogP contribution >= 0.6 is 0 Å². The van der Waals surface area contributed by atoms with Crippen LogP contribution in [0.25, 0.3) is 0 Å². The lowest BCUT2D eigenvalue weighted by molar-refractivity contribution is 0.469. The first-order valence-corrected chi connectivity index (χ1v) is 5.18. The van der Waals surface area contributed by atoms with Crippen molar-refractivity contribution >= 4 is 9.84 Å². The summed E-state index contributed by atoms with van der Waals surface area (Å²) in [5.74, 6) is 0. The number of aliphatic hydroxyl groups is 1. The fourth-order valence-corrected chi connectivity index (χ4v) is 1.88. The summed E-state index contributed by atoms with van der Waals surface area (Å²) in [6.07, 6.45) is 0.600. The highest BCUT2D eigenvalue weighted by Crippen LogP contribution is 2.17. The molecule has 0 bridgehead atoms. The maximum atomic E-state index is 11.5. The Morgan fingerprint density at radius 3 is 2.31 bits per heavy atom. The van der Waals surface area contributed by atoms with Crippen molar-refractivity contribution in [3.05, 3.63) is 41.5 Å². The van der Waals surface area contributed by atoms with Crippen LogP contribution < -0.4 is 0 Å². The van der Waals surface area contributed by atoms with E-state index in [1.54, 1.807) is 18.2 Å². The Morgan fingerprint density at radius 2 is 1.85 bits per heavy atom. The third kappa shape index (κ3) is 1.89. The SMILES string of the molecule is CC(=CO)S(=O)(=O)c1ccccc1. The van der Waals surface area contributed by atoms with Gasteiger partial charge >= 0.3 is 0 Å². The van der Waals surface area contributed by atoms with Gasteiger partial charge in [-0.05, 0) is 19.1 Å². The minimum absolute atomic E-state index is 0.0568. The molecule has 0 unspecified atom stereocenters. The van der Waals surface area contributed by atoms with Crippen LogP contribution in [0.5, 0.6) is 0 Å². The molecular formula is C9H10O3S. The molecule has 0 atom stereocenters. The molecule has 0 saturated heterocycles. The van der Waals surface area contributed by atoms with Gasteiger partial charge in [0.05, 0.1) is 16.1 Å². The Balaban J connectivity index is 3.25. The van der Waals surface area contributed by atoms with Gasteiger partial charge < -0.3 is 5.11 Å². The first-order valence-electron chi connectivity index (χ1n) is 3.70. The lowest BCUT2D eigenvalue weighted by Gasteiger charge is -2.01. The Labute approximate surface area is 77.3 Å². The maximum absolute atomic E-state index is 11.5. The molecule has 0 fully saturated rings. The second-order valence-corrected chi connectivity index (χ2v) is 4.68. The van der Waals surface area contributed by atoms with E-state index in [4.69, 9.17) is 5.11 Å². The summed E-state index contributed by atoms with van der Waals surface area (Å²) in [6, 6.07) is 7.98. The zero-order valence-corrected chi connectivity index (χ0v) is 7.95. The zero-order chi connectivity index (χ0) is 9.90. The smallest absolute Gasteiger partial charge is 0.205 e. The molecule has 3 nitrogen and oxygen atoms in total. The van der Waals surface area contributed by atoms with Crippen molar-refractivity contribution in [1.29, 1.82) is 0 Å². The van der Waals surface area contributed by atoms with E-state index in [1.807, 2.05) is 0 Å². The summed E-state index contributed by atoms with van der Waals surface area (Å²) >= 11 is 0. The number of aliphatic hydroxyl groups excluding tert-OH is 1. The number of hydrogen-bond acceptors (Lipinski definition) is 3. The maximum Gasteiger partial charge on any atom is 0.205 e. The van der Waals surface area contributed by atoms with Crippen molar-refractivity contribution < 1.29 is 13.5 Å². The van der Waals surface area contributed by atoms with Crippen LogP contribution in [0.4, 0.5) is 0 Å². The molecule has 70 valence electrons. The molecule has 0 aliphatic heterocycles. The molecule has 0 amide bonds. The number of allylic oxidation sites excluding steroid dienone is 1. The standard InChI is InChI=1S/C9H10O3S/c1-8(7-10)13(11,12)9-5-3-2-4-6-9/h2-7,10H,1H3. The Bertz CT molecular complexity index is 404. The molecular weight excluding hydrogens is 188 g/mol. The van der Waals surface area contributed by atoms with Crippen LogP contribution in [0.15, 0.2) is 46.4 Å². The average Bonchev–Trinajstić information content (AvgIpc) is 2.18. The largest absolute Gasteiger partial charge is 0.515 e. The van der Waals surface area contributed by atoms with Gasteiger partial charge in [-0.3, -0.25) is 0 Å². The van der Waals surface area contributed by atoms with Gasteiger partial charge in [-0.2, -0.15) is 0 Å². The predicted molar refractivity (Wildman–Crippen MR) is 50.0 cm³/mol. The first-order chi connectivity index (χ1) is 6.09. The highest BCUT2D eigenvalue weighted by atomic mass is 32.2. The molecule has 0 spiro atoms. The Kier molecular flexibility index (Phi) is 2.72. The fourth-order valence-electron chi connectivity index (χ4n) is 0.855. The summed E-state index contributed by atoms with van der Waals surface area (Å²) in [7, 11) is -3.48. The van der Waals surface area contributed by atoms with Crippen molar-refractivity contribution in [2.75, 3.05) is 0 Å². The monoisotopic (exact) mass is 198 g/mol. The van der Waals surface area contributed by atoms with E-state index < -0.39 is 9.84 Å². The van der Waals surface area contributed by atoms with Gasteiger partial charge in [0.15, 0.2) is 0 Å². The van der Waals surface area contributed by atoms with Crippen LogP contribution in [0.2, 0.25) is 0 Å². The number of benzene rings is 1. The van der Waals surface area contributed by atoms with Crippen molar-refractivity contribution in [2.24, 2.45) is 0 Å². The van der Waals surface area contributed by atoms with Crippen LogP contribution in [-0.2, 0) is 9.84 Å². The third-order valence-corrected chi connectivity index (χ3v) is 3.51. The lowest BCUT2D eigenvalue weighted by atomic mass is 10.4. The zero-order valence-electron chi connectivity index (χ0n) is 7.14. The van der Waals surface area contributed by atoms with E-state index in [0.717, 1.165) is 0 Å². The molecule has 0 aromatic heterocycles. The summed E-state index contributed by atoms with van der Waals surface area (Å²) in [5.41, 5.74) is 0. The van der Waals surface area contributed by atoms with E-state index in [9.17, 15) is 8.42 Å². The van der Waals surface area contributed by atoms with Gasteiger partial charge in [0.1, 0.15) is 0 Å². The van der Waals surface area contributed by atoms with Crippen molar-refractivity contribution in [3.8, 4) is 0 Å². The molecule has 0 aliphatic carbocycles. The molecule has 13 heavy (non-hydrogen) atoms. The van der Waals surface area contributed by atoms with Gasteiger partial charge in [-0.25, -0.2) is 8.42 Å². The topological polar surface area (TPSA) is 54.4 Å². The van der Waals surface area contributed by atoms with Crippen molar-refractivity contribution in [3.63, 3.8) is 0 Å². The molecule has 4 heteroatoms. The molecule has 1 rings (SSSR count). The van der Waals surface area contributed by atoms with E-state index in [2.05, 4.69) is 0 Å². The molecule has 0 aliphatic rings. The normalized spacial score (nSPS) is 12.8. The first kappa shape index (κ1) is 9.80. The predicted octanol–water partition coefficient (Wildman–Crippen LogP) is 1.88. The van der Waals surface area contributed by atoms with Gasteiger partial charge in [0.2, 0.25) is 9.84 Å². The number of hydrogen-bond donors (Lipinski definition) is 1. The average molecular weight is 198 g/mol. The van der Waals surface area contributed by atoms with Crippen LogP contribution in [0, 0.1) is 0 Å². The summed E-state index contributed by atoms with van der Waals surface area (Å²) in [5, 5.41) is 8.59. The minimum Gasteiger partial charge on any atom is -0.515 e. The Hall–Kier alpha value is -1.29. The second kappa shape index (κ2) is 3.62. The van der Waals surface area contributed by atoms with Gasteiger partial charge in [0, 0.05) is 0 Å². The van der Waals surface area contributed by atoms with E-state index in [1.165, 1.54) is 19.1 Å². The molecule has 1 aromatic rings. The fraction of sp³-hybridized carbons (Fsp3) is 0.111. The summed E-state index contributed by atoms with van der Waals surface area (Å²) < 4.78 is 23.1. The Morgan fingerprint density at radius 1 is 1.31 bits per heavy atom. The molecule has 1 N–H and O–H groups in total. The summed E-state index contributed by atoms with van der Waals surface area (Å²) in [6.45, 7) is 1.35. The van der Waals surface area contributed by atoms with Crippen LogP contribution in [0.3, 0.4) is 0 Å². The quantitative estimate of drug-likeness (QED) is 0.738. The highest BCUT2D eigenvalue weighted by molar-refractivity contribution is 7.95. The van der Waals surface area contributed by atoms with Crippen LogP contribution in [0.1, 0.15) is 6.92 Å². The second-order valence-electron chi connectivity index (χ2n) is 2.56. The van der Waals surface area contributed by atoms with E-state index >= 15 is 0 Å². The lowest BCUT2D eigenvalue weighted by Crippen LogP contribution is -2.01. The highest BCUT2D eigenvalue weighted by Gasteiger charge is 2.15. The van der Waals surface area contributed by atoms with Gasteiger partial charge in [-0.1, -0.05) is 18.2 Å². The van der Waals surface area contributed by atoms with Gasteiger partial charge in [-0.15, -0.1) is 0 Å². The van der Waals surface area contributed by atoms with E-state index in [0.29, 0.717) is 6.26 Å². The van der Waals surface area contributed by atoms with Crippen molar-refractivity contribution in [1.82, 2.24) is 0 Å². The van der Waals surface area contributed by atoms with Crippen LogP contribution in [-0.4, -0.2) is 13.5 Å². The number of sulfone groups is 1. The molecule has 0 heterocycles. The minimum atomic E-state index is -3.48.